The summed E-state index contributed by atoms with van der Waals surface area (Å²) >= 11 is 0. The SMILES string of the molecule is COc1ccc(-c2nc3ccc(NC(=O)Nc4ccc(N)cc4)cc3[nH]2)cc1. The van der Waals surface area contributed by atoms with Crippen molar-refractivity contribution in [1.82, 2.24) is 9.97 Å². The normalized spacial score (nSPS) is 10.6. The molecule has 0 atom stereocenters. The maximum absolute atomic E-state index is 12.2. The van der Waals surface area contributed by atoms with Crippen LogP contribution in [0, 0.1) is 0 Å². The summed E-state index contributed by atoms with van der Waals surface area (Å²) in [6, 6.07) is 19.8. The Kier molecular flexibility index (Phi) is 4.55. The van der Waals surface area contributed by atoms with Gasteiger partial charge in [0.15, 0.2) is 0 Å². The molecular formula is C21H19N5O2. The van der Waals surface area contributed by atoms with Gasteiger partial charge >= 0.3 is 6.03 Å². The second-order valence-corrected chi connectivity index (χ2v) is 6.25. The third-order valence-corrected chi connectivity index (χ3v) is 4.27. The summed E-state index contributed by atoms with van der Waals surface area (Å²) in [6.07, 6.45) is 0. The number of nitrogens with zero attached hydrogens (tertiary/aromatic N) is 1. The number of hydrogen-bond acceptors (Lipinski definition) is 4. The highest BCUT2D eigenvalue weighted by Crippen LogP contribution is 2.24. The Morgan fingerprint density at radius 2 is 1.64 bits per heavy atom. The fourth-order valence-corrected chi connectivity index (χ4v) is 2.83. The van der Waals surface area contributed by atoms with E-state index in [1.165, 1.54) is 0 Å². The fraction of sp³-hybridized carbons (Fsp3) is 0.0476. The van der Waals surface area contributed by atoms with E-state index in [9.17, 15) is 4.79 Å². The Hall–Kier alpha value is -4.00. The molecule has 0 saturated heterocycles. The average Bonchev–Trinajstić information content (AvgIpc) is 3.13. The molecule has 7 nitrogen and oxygen atoms in total. The zero-order valence-electron chi connectivity index (χ0n) is 15.2. The minimum absolute atomic E-state index is 0.334. The van der Waals surface area contributed by atoms with Crippen molar-refractivity contribution >= 4 is 34.1 Å². The Labute approximate surface area is 161 Å². The third-order valence-electron chi connectivity index (χ3n) is 4.27. The lowest BCUT2D eigenvalue weighted by molar-refractivity contribution is 0.262. The summed E-state index contributed by atoms with van der Waals surface area (Å²) in [5.41, 5.74) is 10.2. The largest absolute Gasteiger partial charge is 0.497 e. The third kappa shape index (κ3) is 3.73. The summed E-state index contributed by atoms with van der Waals surface area (Å²) in [4.78, 5) is 20.1. The number of fused-ring (bicyclic) bond motifs is 1. The number of aromatic amines is 1. The quantitative estimate of drug-likeness (QED) is 0.396. The van der Waals surface area contributed by atoms with E-state index >= 15 is 0 Å². The van der Waals surface area contributed by atoms with Gasteiger partial charge in [-0.3, -0.25) is 0 Å². The molecule has 3 aromatic carbocycles. The van der Waals surface area contributed by atoms with Gasteiger partial charge in [0.05, 0.1) is 18.1 Å². The highest BCUT2D eigenvalue weighted by Gasteiger charge is 2.08. The number of rotatable bonds is 4. The van der Waals surface area contributed by atoms with Gasteiger partial charge in [0, 0.05) is 22.6 Å². The number of ether oxygens (including phenoxy) is 1. The van der Waals surface area contributed by atoms with Gasteiger partial charge in [0.25, 0.3) is 0 Å². The fourth-order valence-electron chi connectivity index (χ4n) is 2.83. The zero-order chi connectivity index (χ0) is 19.5. The van der Waals surface area contributed by atoms with Crippen LogP contribution in [0.5, 0.6) is 5.75 Å². The summed E-state index contributed by atoms with van der Waals surface area (Å²) in [6.45, 7) is 0. The zero-order valence-corrected chi connectivity index (χ0v) is 15.2. The van der Waals surface area contributed by atoms with Gasteiger partial charge in [0.2, 0.25) is 0 Å². The molecule has 2 amide bonds. The molecule has 0 bridgehead atoms. The van der Waals surface area contributed by atoms with Crippen molar-refractivity contribution < 1.29 is 9.53 Å². The Morgan fingerprint density at radius 3 is 2.36 bits per heavy atom. The number of nitrogens with two attached hydrogens (primary N) is 1. The van der Waals surface area contributed by atoms with E-state index in [0.717, 1.165) is 28.2 Å². The number of H-pyrrole nitrogens is 1. The lowest BCUT2D eigenvalue weighted by Crippen LogP contribution is -2.19. The molecule has 7 heteroatoms. The Bertz CT molecular complexity index is 1120. The van der Waals surface area contributed by atoms with Crippen LogP contribution in [-0.2, 0) is 0 Å². The maximum atomic E-state index is 12.2. The van der Waals surface area contributed by atoms with E-state index in [-0.39, 0.29) is 6.03 Å². The van der Waals surface area contributed by atoms with Crippen molar-refractivity contribution in [3.63, 3.8) is 0 Å². The van der Waals surface area contributed by atoms with Crippen molar-refractivity contribution in [1.29, 1.82) is 0 Å². The first-order chi connectivity index (χ1) is 13.6. The molecule has 0 aliphatic carbocycles. The van der Waals surface area contributed by atoms with Gasteiger partial charge in [-0.1, -0.05) is 0 Å². The lowest BCUT2D eigenvalue weighted by atomic mass is 10.2. The van der Waals surface area contributed by atoms with Crippen LogP contribution in [0.4, 0.5) is 21.9 Å². The molecule has 4 rings (SSSR count). The molecule has 5 N–H and O–H groups in total. The predicted molar refractivity (Wildman–Crippen MR) is 112 cm³/mol. The number of carbonyl (C=O) groups excluding carboxylic acids is 1. The summed E-state index contributed by atoms with van der Waals surface area (Å²) < 4.78 is 5.18. The molecule has 0 aliphatic rings. The molecule has 0 aliphatic heterocycles. The molecule has 0 radical (unpaired) electrons. The number of amides is 2. The van der Waals surface area contributed by atoms with E-state index < -0.39 is 0 Å². The first-order valence-corrected chi connectivity index (χ1v) is 8.68. The predicted octanol–water partition coefficient (Wildman–Crippen LogP) is 4.46. The minimum Gasteiger partial charge on any atom is -0.497 e. The number of imidazole rings is 1. The molecule has 28 heavy (non-hydrogen) atoms. The molecule has 140 valence electrons. The van der Waals surface area contributed by atoms with Crippen LogP contribution >= 0.6 is 0 Å². The van der Waals surface area contributed by atoms with Gasteiger partial charge in [-0.15, -0.1) is 0 Å². The summed E-state index contributed by atoms with van der Waals surface area (Å²) in [5.74, 6) is 1.54. The van der Waals surface area contributed by atoms with E-state index in [0.29, 0.717) is 17.1 Å². The minimum atomic E-state index is -0.334. The van der Waals surface area contributed by atoms with Crippen molar-refractivity contribution in [2.24, 2.45) is 0 Å². The van der Waals surface area contributed by atoms with Gasteiger partial charge < -0.3 is 26.1 Å². The molecule has 1 heterocycles. The molecule has 0 spiro atoms. The van der Waals surface area contributed by atoms with Crippen molar-refractivity contribution in [3.8, 4) is 17.1 Å². The van der Waals surface area contributed by atoms with Crippen LogP contribution in [-0.4, -0.2) is 23.1 Å². The highest BCUT2D eigenvalue weighted by atomic mass is 16.5. The molecule has 0 saturated carbocycles. The van der Waals surface area contributed by atoms with E-state index in [1.807, 2.05) is 42.5 Å². The molecule has 0 fully saturated rings. The first-order valence-electron chi connectivity index (χ1n) is 8.68. The smallest absolute Gasteiger partial charge is 0.323 e. The monoisotopic (exact) mass is 373 g/mol. The number of hydrogen-bond donors (Lipinski definition) is 4. The van der Waals surface area contributed by atoms with Crippen LogP contribution in [0.2, 0.25) is 0 Å². The van der Waals surface area contributed by atoms with E-state index in [2.05, 4.69) is 20.6 Å². The molecular weight excluding hydrogens is 354 g/mol. The number of anilines is 3. The topological polar surface area (TPSA) is 105 Å². The van der Waals surface area contributed by atoms with Crippen LogP contribution in [0.1, 0.15) is 0 Å². The highest BCUT2D eigenvalue weighted by molar-refractivity contribution is 6.00. The average molecular weight is 373 g/mol. The first kappa shape index (κ1) is 17.4. The van der Waals surface area contributed by atoms with Crippen LogP contribution in [0.25, 0.3) is 22.4 Å². The second kappa shape index (κ2) is 7.32. The van der Waals surface area contributed by atoms with Gasteiger partial charge in [-0.2, -0.15) is 0 Å². The molecule has 4 aromatic rings. The number of aromatic nitrogens is 2. The molecule has 1 aromatic heterocycles. The standard InChI is InChI=1S/C21H19N5O2/c1-28-17-9-2-13(3-10-17)20-25-18-11-8-16(12-19(18)26-20)24-21(27)23-15-6-4-14(22)5-7-15/h2-12H,22H2,1H3,(H,25,26)(H2,23,24,27). The van der Waals surface area contributed by atoms with Gasteiger partial charge in [-0.25, -0.2) is 9.78 Å². The van der Waals surface area contributed by atoms with Crippen molar-refractivity contribution in [3.05, 3.63) is 66.7 Å². The number of carbonyl (C=O) groups is 1. The Balaban J connectivity index is 1.50. The molecule has 0 unspecified atom stereocenters. The Morgan fingerprint density at radius 1 is 0.964 bits per heavy atom. The van der Waals surface area contributed by atoms with E-state index in [4.69, 9.17) is 10.5 Å². The number of methoxy groups -OCH3 is 1. The maximum Gasteiger partial charge on any atom is 0.323 e. The lowest BCUT2D eigenvalue weighted by Gasteiger charge is -2.07. The van der Waals surface area contributed by atoms with Crippen molar-refractivity contribution in [2.75, 3.05) is 23.5 Å². The number of urea groups is 1. The summed E-state index contributed by atoms with van der Waals surface area (Å²) in [7, 11) is 1.63. The number of nitrogen functional groups attached to an aromatic ring is 1. The van der Waals surface area contributed by atoms with Crippen LogP contribution in [0.15, 0.2) is 66.7 Å². The summed E-state index contributed by atoms with van der Waals surface area (Å²) in [5, 5.41) is 5.58. The van der Waals surface area contributed by atoms with Crippen molar-refractivity contribution in [2.45, 2.75) is 0 Å². The van der Waals surface area contributed by atoms with Gasteiger partial charge in [-0.05, 0) is 66.7 Å². The van der Waals surface area contributed by atoms with Crippen LogP contribution < -0.4 is 21.1 Å². The second-order valence-electron chi connectivity index (χ2n) is 6.25. The number of benzene rings is 3. The van der Waals surface area contributed by atoms with E-state index in [1.54, 1.807) is 31.4 Å². The van der Waals surface area contributed by atoms with Gasteiger partial charge in [0.1, 0.15) is 11.6 Å². The van der Waals surface area contributed by atoms with Crippen LogP contribution in [0.3, 0.4) is 0 Å². The number of nitrogens with one attached hydrogen (secondary N) is 3.